The molecule has 0 saturated carbocycles. The monoisotopic (exact) mass is 223 g/mol. The van der Waals surface area contributed by atoms with Crippen LogP contribution in [0, 0.1) is 0 Å². The molecule has 0 spiro atoms. The van der Waals surface area contributed by atoms with E-state index in [2.05, 4.69) is 10.2 Å². The molecule has 0 aromatic carbocycles. The Morgan fingerprint density at radius 2 is 2.25 bits per heavy atom. The molecule has 0 aliphatic carbocycles. The lowest BCUT2D eigenvalue weighted by molar-refractivity contribution is -0.137. The zero-order valence-corrected chi connectivity index (χ0v) is 9.12. The average Bonchev–Trinajstić information content (AvgIpc) is 2.27. The normalized spacial score (nSPS) is 11.9. The van der Waals surface area contributed by atoms with E-state index in [1.54, 1.807) is 26.1 Å². The Kier molecular flexibility index (Phi) is 3.93. The molecule has 1 aromatic rings. The van der Waals surface area contributed by atoms with Crippen LogP contribution in [0.5, 0.6) is 0 Å². The first kappa shape index (κ1) is 12.1. The minimum Gasteiger partial charge on any atom is -0.481 e. The summed E-state index contributed by atoms with van der Waals surface area (Å²) in [5.41, 5.74) is 0.210. The van der Waals surface area contributed by atoms with E-state index in [-0.39, 0.29) is 24.1 Å². The summed E-state index contributed by atoms with van der Waals surface area (Å²) >= 11 is 0. The van der Waals surface area contributed by atoms with Crippen molar-refractivity contribution in [2.75, 3.05) is 7.05 Å². The molecule has 86 valence electrons. The minimum atomic E-state index is -0.939. The third kappa shape index (κ3) is 3.01. The number of carboxylic acids is 1. The molecule has 16 heavy (non-hydrogen) atoms. The van der Waals surface area contributed by atoms with Gasteiger partial charge in [0.15, 0.2) is 5.69 Å². The van der Waals surface area contributed by atoms with Crippen molar-refractivity contribution in [3.8, 4) is 0 Å². The first-order valence-corrected chi connectivity index (χ1v) is 4.79. The molecule has 0 aliphatic heterocycles. The molecule has 6 nitrogen and oxygen atoms in total. The molecule has 0 saturated heterocycles. The van der Waals surface area contributed by atoms with Gasteiger partial charge in [-0.05, 0) is 19.1 Å². The Labute approximate surface area is 92.9 Å². The van der Waals surface area contributed by atoms with Crippen molar-refractivity contribution in [2.24, 2.45) is 0 Å². The standard InChI is InChI=1S/C10H13N3O3/c1-7(6-9(14)15)13(2)10(16)8-4-3-5-11-12-8/h3-5,7H,6H2,1-2H3,(H,14,15). The fraction of sp³-hybridized carbons (Fsp3) is 0.400. The quantitative estimate of drug-likeness (QED) is 0.799. The number of rotatable bonds is 4. The van der Waals surface area contributed by atoms with E-state index >= 15 is 0 Å². The van der Waals surface area contributed by atoms with Gasteiger partial charge >= 0.3 is 5.97 Å². The van der Waals surface area contributed by atoms with Crippen LogP contribution in [-0.2, 0) is 4.79 Å². The summed E-state index contributed by atoms with van der Waals surface area (Å²) in [5, 5.41) is 15.9. The molecule has 0 radical (unpaired) electrons. The SMILES string of the molecule is CC(CC(=O)O)N(C)C(=O)c1cccnn1. The van der Waals surface area contributed by atoms with Crippen molar-refractivity contribution in [3.63, 3.8) is 0 Å². The summed E-state index contributed by atoms with van der Waals surface area (Å²) in [6.45, 7) is 1.67. The van der Waals surface area contributed by atoms with Crippen LogP contribution in [0.25, 0.3) is 0 Å². The molecule has 1 rings (SSSR count). The molecule has 0 bridgehead atoms. The summed E-state index contributed by atoms with van der Waals surface area (Å²) < 4.78 is 0. The lowest BCUT2D eigenvalue weighted by atomic mass is 10.2. The van der Waals surface area contributed by atoms with E-state index in [9.17, 15) is 9.59 Å². The lowest BCUT2D eigenvalue weighted by Crippen LogP contribution is -2.37. The molecule has 1 atom stereocenters. The largest absolute Gasteiger partial charge is 0.481 e. The second-order valence-corrected chi connectivity index (χ2v) is 3.47. The molecule has 0 aliphatic rings. The molecule has 0 fully saturated rings. The van der Waals surface area contributed by atoms with Crippen molar-refractivity contribution >= 4 is 11.9 Å². The highest BCUT2D eigenvalue weighted by molar-refractivity contribution is 5.92. The second-order valence-electron chi connectivity index (χ2n) is 3.47. The first-order valence-electron chi connectivity index (χ1n) is 4.79. The summed E-state index contributed by atoms with van der Waals surface area (Å²) in [7, 11) is 1.55. The highest BCUT2D eigenvalue weighted by Gasteiger charge is 2.20. The number of carboxylic acid groups (broad SMARTS) is 1. The van der Waals surface area contributed by atoms with Gasteiger partial charge in [0, 0.05) is 19.3 Å². The zero-order valence-electron chi connectivity index (χ0n) is 9.12. The average molecular weight is 223 g/mol. The van der Waals surface area contributed by atoms with E-state index in [4.69, 9.17) is 5.11 Å². The van der Waals surface area contributed by atoms with Gasteiger partial charge in [-0.1, -0.05) is 0 Å². The molecule has 1 N–H and O–H groups in total. The first-order chi connectivity index (χ1) is 7.52. The number of carbonyl (C=O) groups excluding carboxylic acids is 1. The number of nitrogens with zero attached hydrogens (tertiary/aromatic N) is 3. The topological polar surface area (TPSA) is 83.4 Å². The summed E-state index contributed by atoms with van der Waals surface area (Å²) in [5.74, 6) is -1.27. The van der Waals surface area contributed by atoms with Gasteiger partial charge in [-0.15, -0.1) is 5.10 Å². The Morgan fingerprint density at radius 3 is 2.75 bits per heavy atom. The Hall–Kier alpha value is -1.98. The van der Waals surface area contributed by atoms with Crippen molar-refractivity contribution in [2.45, 2.75) is 19.4 Å². The maximum absolute atomic E-state index is 11.8. The molecular weight excluding hydrogens is 210 g/mol. The maximum Gasteiger partial charge on any atom is 0.305 e. The Bertz CT molecular complexity index is 380. The van der Waals surface area contributed by atoms with Gasteiger partial charge < -0.3 is 10.0 Å². The number of hydrogen-bond acceptors (Lipinski definition) is 4. The van der Waals surface area contributed by atoms with E-state index in [1.165, 1.54) is 11.1 Å². The maximum atomic E-state index is 11.8. The predicted octanol–water partition coefficient (Wildman–Crippen LogP) is 0.412. The molecule has 6 heteroatoms. The van der Waals surface area contributed by atoms with Crippen LogP contribution in [0.3, 0.4) is 0 Å². The smallest absolute Gasteiger partial charge is 0.305 e. The van der Waals surface area contributed by atoms with Crippen LogP contribution >= 0.6 is 0 Å². The van der Waals surface area contributed by atoms with Gasteiger partial charge in [-0.3, -0.25) is 9.59 Å². The minimum absolute atomic E-state index is 0.0947. The van der Waals surface area contributed by atoms with Gasteiger partial charge in [0.2, 0.25) is 0 Å². The molecule has 1 heterocycles. The van der Waals surface area contributed by atoms with Crippen molar-refractivity contribution in [1.82, 2.24) is 15.1 Å². The molecular formula is C10H13N3O3. The van der Waals surface area contributed by atoms with E-state index in [0.717, 1.165) is 0 Å². The number of amides is 1. The van der Waals surface area contributed by atoms with E-state index in [1.807, 2.05) is 0 Å². The summed E-state index contributed by atoms with van der Waals surface area (Å²) in [6, 6.07) is 2.77. The van der Waals surface area contributed by atoms with Crippen molar-refractivity contribution in [3.05, 3.63) is 24.0 Å². The fourth-order valence-corrected chi connectivity index (χ4v) is 1.19. The molecule has 1 amide bonds. The van der Waals surface area contributed by atoms with Gasteiger partial charge in [-0.25, -0.2) is 0 Å². The third-order valence-electron chi connectivity index (χ3n) is 2.24. The van der Waals surface area contributed by atoms with Gasteiger partial charge in [0.1, 0.15) is 0 Å². The second kappa shape index (κ2) is 5.20. The predicted molar refractivity (Wildman–Crippen MR) is 55.8 cm³/mol. The highest BCUT2D eigenvalue weighted by atomic mass is 16.4. The van der Waals surface area contributed by atoms with E-state index < -0.39 is 5.97 Å². The van der Waals surface area contributed by atoms with Crippen LogP contribution in [0.2, 0.25) is 0 Å². The fourth-order valence-electron chi connectivity index (χ4n) is 1.19. The van der Waals surface area contributed by atoms with Crippen LogP contribution in [0.4, 0.5) is 0 Å². The van der Waals surface area contributed by atoms with Crippen LogP contribution in [0.1, 0.15) is 23.8 Å². The highest BCUT2D eigenvalue weighted by Crippen LogP contribution is 2.06. The van der Waals surface area contributed by atoms with Crippen molar-refractivity contribution < 1.29 is 14.7 Å². The molecule has 1 aromatic heterocycles. The van der Waals surface area contributed by atoms with Gasteiger partial charge in [0.25, 0.3) is 5.91 Å². The van der Waals surface area contributed by atoms with E-state index in [0.29, 0.717) is 0 Å². The third-order valence-corrected chi connectivity index (χ3v) is 2.24. The van der Waals surface area contributed by atoms with Crippen molar-refractivity contribution in [1.29, 1.82) is 0 Å². The lowest BCUT2D eigenvalue weighted by Gasteiger charge is -2.22. The number of hydrogen-bond donors (Lipinski definition) is 1. The van der Waals surface area contributed by atoms with Crippen LogP contribution in [-0.4, -0.2) is 45.2 Å². The Balaban J connectivity index is 2.71. The Morgan fingerprint density at radius 1 is 1.56 bits per heavy atom. The molecule has 1 unspecified atom stereocenters. The summed E-state index contributed by atoms with van der Waals surface area (Å²) in [6.07, 6.45) is 1.37. The van der Waals surface area contributed by atoms with Crippen LogP contribution < -0.4 is 0 Å². The number of carbonyl (C=O) groups is 2. The van der Waals surface area contributed by atoms with Gasteiger partial charge in [-0.2, -0.15) is 5.10 Å². The van der Waals surface area contributed by atoms with Crippen LogP contribution in [0.15, 0.2) is 18.3 Å². The number of aromatic nitrogens is 2. The zero-order chi connectivity index (χ0) is 12.1. The summed E-state index contributed by atoms with van der Waals surface area (Å²) in [4.78, 5) is 23.7. The van der Waals surface area contributed by atoms with Gasteiger partial charge in [0.05, 0.1) is 6.42 Å². The number of aliphatic carboxylic acids is 1.